The number of ether oxygens (including phenoxy) is 2. The number of imidazole rings is 1. The highest BCUT2D eigenvalue weighted by Gasteiger charge is 2.18. The van der Waals surface area contributed by atoms with Crippen molar-refractivity contribution in [2.75, 3.05) is 13.7 Å². The van der Waals surface area contributed by atoms with E-state index in [-0.39, 0.29) is 11.3 Å². The van der Waals surface area contributed by atoms with E-state index in [4.69, 9.17) is 9.47 Å². The molecule has 0 unspecified atom stereocenters. The number of methoxy groups -OCH3 is 1. The Balaban J connectivity index is 1.54. The van der Waals surface area contributed by atoms with Crippen LogP contribution in [0.3, 0.4) is 0 Å². The number of ketones is 1. The molecule has 0 amide bonds. The number of carbonyl (C=O) groups excluding carboxylic acids is 1. The van der Waals surface area contributed by atoms with Crippen LogP contribution >= 0.6 is 11.3 Å². The third-order valence-electron chi connectivity index (χ3n) is 5.83. The molecule has 0 radical (unpaired) electrons. The van der Waals surface area contributed by atoms with Crippen LogP contribution < -0.4 is 15.0 Å². The number of H-pyrrole nitrogens is 1. The third kappa shape index (κ3) is 4.75. The Morgan fingerprint density at radius 1 is 1.14 bits per heavy atom. The first-order valence-corrected chi connectivity index (χ1v) is 12.8. The first kappa shape index (κ1) is 24.4. The van der Waals surface area contributed by atoms with Gasteiger partial charge < -0.3 is 14.5 Å². The van der Waals surface area contributed by atoms with Gasteiger partial charge in [-0.25, -0.2) is 14.5 Å². The number of aryl methyl sites for hydroxylation is 1. The van der Waals surface area contributed by atoms with E-state index in [1.54, 1.807) is 35.9 Å². The summed E-state index contributed by atoms with van der Waals surface area (Å²) in [5.41, 5.74) is 2.67. The summed E-state index contributed by atoms with van der Waals surface area (Å²) in [4.78, 5) is 37.6. The summed E-state index contributed by atoms with van der Waals surface area (Å²) in [5.74, 6) is 2.18. The number of rotatable bonds is 9. The fourth-order valence-corrected chi connectivity index (χ4v) is 4.78. The van der Waals surface area contributed by atoms with Gasteiger partial charge in [-0.05, 0) is 55.8 Å². The fraction of sp³-hybridized carbons (Fsp3) is 0.222. The predicted molar refractivity (Wildman–Crippen MR) is 142 cm³/mol. The highest BCUT2D eigenvalue weighted by molar-refractivity contribution is 7.12. The van der Waals surface area contributed by atoms with E-state index in [1.165, 1.54) is 17.5 Å². The van der Waals surface area contributed by atoms with Gasteiger partial charge >= 0.3 is 0 Å². The average Bonchev–Trinajstić information content (AvgIpc) is 3.57. The highest BCUT2D eigenvalue weighted by Crippen LogP contribution is 2.33. The number of nitrogens with one attached hydrogen (secondary N) is 1. The molecule has 0 spiro atoms. The van der Waals surface area contributed by atoms with Crippen molar-refractivity contribution < 1.29 is 14.3 Å². The molecule has 3 aromatic heterocycles. The lowest BCUT2D eigenvalue weighted by Crippen LogP contribution is -2.15. The molecule has 0 saturated heterocycles. The standard InChI is InChI=1S/C27H25N5O4S/c1-4-6-23-28-14-21-26(34)30-25(31-32(21)23)19-13-17(9-12-22(19)36-5-2)20-15-37-27(29-20)24(33)16-7-10-18(35-3)11-8-16/h7-15H,4-6H2,1-3H3,(H,30,31,34). The van der Waals surface area contributed by atoms with Crippen LogP contribution in [0.5, 0.6) is 11.5 Å². The van der Waals surface area contributed by atoms with E-state index < -0.39 is 0 Å². The van der Waals surface area contributed by atoms with Crippen molar-refractivity contribution in [3.05, 3.63) is 80.8 Å². The zero-order valence-corrected chi connectivity index (χ0v) is 21.5. The molecule has 0 fully saturated rings. The van der Waals surface area contributed by atoms with Crippen molar-refractivity contribution in [1.29, 1.82) is 0 Å². The minimum atomic E-state index is -0.284. The topological polar surface area (TPSA) is 111 Å². The molecule has 188 valence electrons. The second-order valence-corrected chi connectivity index (χ2v) is 9.12. The second-order valence-electron chi connectivity index (χ2n) is 8.26. The number of aromatic nitrogens is 5. The molecule has 2 aromatic carbocycles. The van der Waals surface area contributed by atoms with Crippen LogP contribution in [0, 0.1) is 0 Å². The molecular formula is C27H25N5O4S. The smallest absolute Gasteiger partial charge is 0.277 e. The molecule has 5 rings (SSSR count). The maximum Gasteiger partial charge on any atom is 0.277 e. The zero-order valence-electron chi connectivity index (χ0n) is 20.6. The van der Waals surface area contributed by atoms with E-state index in [2.05, 4.69) is 20.1 Å². The SMILES string of the molecule is CCCc1ncc2c(=O)[nH]c(-c3cc(-c4csc(C(=O)c5ccc(OC)cc5)n4)ccc3OCC)nn12. The van der Waals surface area contributed by atoms with Gasteiger partial charge in [0.2, 0.25) is 5.78 Å². The Kier molecular flexibility index (Phi) is 6.82. The van der Waals surface area contributed by atoms with Gasteiger partial charge in [0.1, 0.15) is 17.3 Å². The van der Waals surface area contributed by atoms with E-state index in [1.807, 2.05) is 37.4 Å². The maximum atomic E-state index is 13.0. The van der Waals surface area contributed by atoms with Crippen LogP contribution in [0.4, 0.5) is 0 Å². The summed E-state index contributed by atoms with van der Waals surface area (Å²) in [7, 11) is 1.58. The molecule has 0 atom stereocenters. The molecule has 0 aliphatic carbocycles. The largest absolute Gasteiger partial charge is 0.497 e. The number of benzene rings is 2. The Bertz CT molecular complexity index is 1640. The van der Waals surface area contributed by atoms with Crippen LogP contribution in [0.1, 0.15) is 41.5 Å². The van der Waals surface area contributed by atoms with Crippen molar-refractivity contribution in [3.8, 4) is 34.1 Å². The van der Waals surface area contributed by atoms with Crippen LogP contribution in [0.25, 0.3) is 28.2 Å². The first-order valence-electron chi connectivity index (χ1n) is 11.9. The number of hydrogen-bond donors (Lipinski definition) is 1. The molecule has 0 aliphatic heterocycles. The van der Waals surface area contributed by atoms with E-state index in [0.717, 1.165) is 17.8 Å². The molecule has 1 N–H and O–H groups in total. The molecule has 0 aliphatic rings. The highest BCUT2D eigenvalue weighted by atomic mass is 32.1. The summed E-state index contributed by atoms with van der Waals surface area (Å²) in [5, 5.41) is 6.91. The average molecular weight is 516 g/mol. The van der Waals surface area contributed by atoms with Gasteiger partial charge in [-0.15, -0.1) is 16.4 Å². The van der Waals surface area contributed by atoms with Crippen LogP contribution in [0.2, 0.25) is 0 Å². The van der Waals surface area contributed by atoms with Gasteiger partial charge in [0.25, 0.3) is 5.56 Å². The monoisotopic (exact) mass is 515 g/mol. The number of carbonyl (C=O) groups is 1. The molecule has 0 bridgehead atoms. The fourth-order valence-electron chi connectivity index (χ4n) is 3.99. The summed E-state index contributed by atoms with van der Waals surface area (Å²) < 4.78 is 12.6. The number of aromatic amines is 1. The summed E-state index contributed by atoms with van der Waals surface area (Å²) in [6.07, 6.45) is 3.12. The quantitative estimate of drug-likeness (QED) is 0.281. The molecular weight excluding hydrogens is 490 g/mol. The van der Waals surface area contributed by atoms with Crippen molar-refractivity contribution in [2.24, 2.45) is 0 Å². The van der Waals surface area contributed by atoms with Crippen LogP contribution in [-0.2, 0) is 6.42 Å². The lowest BCUT2D eigenvalue weighted by molar-refractivity contribution is 0.103. The first-order chi connectivity index (χ1) is 18.0. The van der Waals surface area contributed by atoms with Gasteiger partial charge in [-0.3, -0.25) is 9.59 Å². The molecule has 9 nitrogen and oxygen atoms in total. The predicted octanol–water partition coefficient (Wildman–Crippen LogP) is 4.80. The van der Waals surface area contributed by atoms with E-state index in [0.29, 0.717) is 57.7 Å². The molecule has 5 aromatic rings. The lowest BCUT2D eigenvalue weighted by atomic mass is 10.1. The summed E-state index contributed by atoms with van der Waals surface area (Å²) in [6.45, 7) is 4.39. The molecule has 37 heavy (non-hydrogen) atoms. The lowest BCUT2D eigenvalue weighted by Gasteiger charge is -2.11. The van der Waals surface area contributed by atoms with Crippen LogP contribution in [0.15, 0.2) is 58.8 Å². The van der Waals surface area contributed by atoms with Gasteiger partial charge in [-0.1, -0.05) is 6.92 Å². The van der Waals surface area contributed by atoms with Crippen LogP contribution in [-0.4, -0.2) is 44.1 Å². The summed E-state index contributed by atoms with van der Waals surface area (Å²) >= 11 is 1.28. The number of hydrogen-bond acceptors (Lipinski definition) is 8. The zero-order chi connectivity index (χ0) is 25.9. The van der Waals surface area contributed by atoms with Gasteiger partial charge in [0.05, 0.1) is 31.2 Å². The van der Waals surface area contributed by atoms with E-state index in [9.17, 15) is 9.59 Å². The van der Waals surface area contributed by atoms with Gasteiger partial charge in [-0.2, -0.15) is 0 Å². The van der Waals surface area contributed by atoms with Crippen molar-refractivity contribution >= 4 is 22.6 Å². The minimum absolute atomic E-state index is 0.162. The van der Waals surface area contributed by atoms with Crippen molar-refractivity contribution in [3.63, 3.8) is 0 Å². The van der Waals surface area contributed by atoms with Crippen molar-refractivity contribution in [2.45, 2.75) is 26.7 Å². The second kappa shape index (κ2) is 10.4. The number of nitrogens with zero attached hydrogens (tertiary/aromatic N) is 4. The third-order valence-corrected chi connectivity index (χ3v) is 6.67. The Hall–Kier alpha value is -4.31. The Labute approximate surface area is 216 Å². The molecule has 0 saturated carbocycles. The number of thiazole rings is 1. The maximum absolute atomic E-state index is 13.0. The number of fused-ring (bicyclic) bond motifs is 1. The van der Waals surface area contributed by atoms with Gasteiger partial charge in [0.15, 0.2) is 16.3 Å². The minimum Gasteiger partial charge on any atom is -0.497 e. The molecule has 10 heteroatoms. The Morgan fingerprint density at radius 2 is 1.95 bits per heavy atom. The van der Waals surface area contributed by atoms with Gasteiger partial charge in [0, 0.05) is 22.9 Å². The normalized spacial score (nSPS) is 11.1. The van der Waals surface area contributed by atoms with E-state index >= 15 is 0 Å². The van der Waals surface area contributed by atoms with Crippen molar-refractivity contribution in [1.82, 2.24) is 24.6 Å². The Morgan fingerprint density at radius 3 is 2.68 bits per heavy atom. The summed E-state index contributed by atoms with van der Waals surface area (Å²) in [6, 6.07) is 12.5. The molecule has 3 heterocycles.